The second-order valence-corrected chi connectivity index (χ2v) is 3.37. The first-order valence-electron chi connectivity index (χ1n) is 4.80. The molecule has 1 heterocycles. The molecule has 0 bridgehead atoms. The Kier molecular flexibility index (Phi) is 2.68. The highest BCUT2D eigenvalue weighted by molar-refractivity contribution is 5.74. The van der Waals surface area contributed by atoms with Crippen LogP contribution in [0.2, 0.25) is 0 Å². The lowest BCUT2D eigenvalue weighted by atomic mass is 10.2. The van der Waals surface area contributed by atoms with E-state index in [-0.39, 0.29) is 5.89 Å². The fourth-order valence-electron chi connectivity index (χ4n) is 1.21. The zero-order valence-corrected chi connectivity index (χ0v) is 8.62. The van der Waals surface area contributed by atoms with Crippen LogP contribution in [0.15, 0.2) is 34.7 Å². The number of aliphatic carboxylic acids is 1. The lowest BCUT2D eigenvalue weighted by Gasteiger charge is -1.97. The van der Waals surface area contributed by atoms with Gasteiger partial charge in [0, 0.05) is 5.56 Å². The molecule has 1 unspecified atom stereocenters. The molecule has 0 aliphatic rings. The summed E-state index contributed by atoms with van der Waals surface area (Å²) in [6, 6.07) is 9.21. The van der Waals surface area contributed by atoms with Gasteiger partial charge in [0.1, 0.15) is 5.92 Å². The van der Waals surface area contributed by atoms with E-state index in [1.54, 1.807) is 0 Å². The number of hydrogen-bond acceptors (Lipinski definition) is 4. The molecule has 1 atom stereocenters. The van der Waals surface area contributed by atoms with Crippen LogP contribution in [0.4, 0.5) is 0 Å². The summed E-state index contributed by atoms with van der Waals surface area (Å²) in [6.45, 7) is 1.50. The van der Waals surface area contributed by atoms with Gasteiger partial charge < -0.3 is 9.52 Å². The summed E-state index contributed by atoms with van der Waals surface area (Å²) in [5, 5.41) is 16.3. The highest BCUT2D eigenvalue weighted by Crippen LogP contribution is 2.21. The molecule has 0 spiro atoms. The number of rotatable bonds is 3. The van der Waals surface area contributed by atoms with Crippen molar-refractivity contribution in [3.8, 4) is 11.5 Å². The second kappa shape index (κ2) is 4.14. The molecular formula is C11H10N2O3. The van der Waals surface area contributed by atoms with E-state index in [1.807, 2.05) is 30.3 Å². The number of carboxylic acid groups (broad SMARTS) is 1. The predicted octanol–water partition coefficient (Wildman–Crippen LogP) is 1.92. The molecule has 16 heavy (non-hydrogen) atoms. The standard InChI is InChI=1S/C11H10N2O3/c1-7(11(14)15)9-12-13-10(16-9)8-5-3-2-4-6-8/h2-7H,1H3,(H,14,15). The largest absolute Gasteiger partial charge is 0.481 e. The van der Waals surface area contributed by atoms with Gasteiger partial charge in [0.15, 0.2) is 0 Å². The summed E-state index contributed by atoms with van der Waals surface area (Å²) in [6.07, 6.45) is 0. The Labute approximate surface area is 91.7 Å². The molecule has 0 fully saturated rings. The van der Waals surface area contributed by atoms with Gasteiger partial charge in [-0.2, -0.15) is 0 Å². The lowest BCUT2D eigenvalue weighted by molar-refractivity contribution is -0.138. The van der Waals surface area contributed by atoms with Crippen LogP contribution in [-0.2, 0) is 4.79 Å². The maximum Gasteiger partial charge on any atom is 0.315 e. The quantitative estimate of drug-likeness (QED) is 0.851. The van der Waals surface area contributed by atoms with Crippen LogP contribution >= 0.6 is 0 Å². The predicted molar refractivity (Wildman–Crippen MR) is 55.8 cm³/mol. The minimum Gasteiger partial charge on any atom is -0.481 e. The smallest absolute Gasteiger partial charge is 0.315 e. The highest BCUT2D eigenvalue weighted by Gasteiger charge is 2.20. The van der Waals surface area contributed by atoms with Gasteiger partial charge in [-0.1, -0.05) is 18.2 Å². The topological polar surface area (TPSA) is 76.2 Å². The van der Waals surface area contributed by atoms with Crippen LogP contribution in [0.5, 0.6) is 0 Å². The molecule has 0 aliphatic heterocycles. The number of nitrogens with zero attached hydrogens (tertiary/aromatic N) is 2. The van der Waals surface area contributed by atoms with Crippen LogP contribution in [0, 0.1) is 0 Å². The fraction of sp³-hybridized carbons (Fsp3) is 0.182. The molecule has 0 saturated heterocycles. The van der Waals surface area contributed by atoms with E-state index < -0.39 is 11.9 Å². The van der Waals surface area contributed by atoms with Crippen molar-refractivity contribution in [3.63, 3.8) is 0 Å². The van der Waals surface area contributed by atoms with Gasteiger partial charge in [-0.25, -0.2) is 0 Å². The Morgan fingerprint density at radius 2 is 2.00 bits per heavy atom. The van der Waals surface area contributed by atoms with Gasteiger partial charge in [0.2, 0.25) is 11.8 Å². The van der Waals surface area contributed by atoms with E-state index in [4.69, 9.17) is 9.52 Å². The molecule has 1 aromatic heterocycles. The third kappa shape index (κ3) is 1.93. The summed E-state index contributed by atoms with van der Waals surface area (Å²) in [7, 11) is 0. The van der Waals surface area contributed by atoms with Gasteiger partial charge in [0.05, 0.1) is 0 Å². The molecular weight excluding hydrogens is 208 g/mol. The summed E-state index contributed by atoms with van der Waals surface area (Å²) in [5.41, 5.74) is 0.777. The maximum atomic E-state index is 10.7. The fourth-order valence-corrected chi connectivity index (χ4v) is 1.21. The Bertz CT molecular complexity index is 493. The molecule has 5 heteroatoms. The third-order valence-corrected chi connectivity index (χ3v) is 2.20. The van der Waals surface area contributed by atoms with Crippen molar-refractivity contribution in [1.82, 2.24) is 10.2 Å². The normalized spacial score (nSPS) is 12.3. The lowest BCUT2D eigenvalue weighted by Crippen LogP contribution is -2.07. The van der Waals surface area contributed by atoms with E-state index in [1.165, 1.54) is 6.92 Å². The minimum absolute atomic E-state index is 0.117. The molecule has 0 amide bonds. The van der Waals surface area contributed by atoms with E-state index >= 15 is 0 Å². The number of carboxylic acids is 1. The van der Waals surface area contributed by atoms with E-state index in [0.717, 1.165) is 5.56 Å². The molecule has 0 saturated carbocycles. The first kappa shape index (κ1) is 10.4. The molecule has 1 N–H and O–H groups in total. The van der Waals surface area contributed by atoms with Crippen molar-refractivity contribution in [1.29, 1.82) is 0 Å². The van der Waals surface area contributed by atoms with E-state index in [9.17, 15) is 4.79 Å². The number of hydrogen-bond donors (Lipinski definition) is 1. The highest BCUT2D eigenvalue weighted by atomic mass is 16.4. The first-order valence-corrected chi connectivity index (χ1v) is 4.80. The Morgan fingerprint density at radius 1 is 1.31 bits per heavy atom. The van der Waals surface area contributed by atoms with Gasteiger partial charge in [-0.3, -0.25) is 4.79 Å². The third-order valence-electron chi connectivity index (χ3n) is 2.20. The molecule has 0 aliphatic carbocycles. The van der Waals surface area contributed by atoms with Crippen molar-refractivity contribution < 1.29 is 14.3 Å². The summed E-state index contributed by atoms with van der Waals surface area (Å²) in [4.78, 5) is 10.7. The Morgan fingerprint density at radius 3 is 2.62 bits per heavy atom. The van der Waals surface area contributed by atoms with Gasteiger partial charge in [0.25, 0.3) is 0 Å². The van der Waals surface area contributed by atoms with Gasteiger partial charge in [-0.15, -0.1) is 10.2 Å². The second-order valence-electron chi connectivity index (χ2n) is 3.37. The van der Waals surface area contributed by atoms with Crippen molar-refractivity contribution in [3.05, 3.63) is 36.2 Å². The maximum absolute atomic E-state index is 10.7. The minimum atomic E-state index is -0.983. The van der Waals surface area contributed by atoms with E-state index in [0.29, 0.717) is 5.89 Å². The molecule has 1 aromatic carbocycles. The monoisotopic (exact) mass is 218 g/mol. The van der Waals surface area contributed by atoms with Crippen LogP contribution in [-0.4, -0.2) is 21.3 Å². The SMILES string of the molecule is CC(C(=O)O)c1nnc(-c2ccccc2)o1. The summed E-state index contributed by atoms with van der Waals surface area (Å²) in [5.74, 6) is -1.32. The summed E-state index contributed by atoms with van der Waals surface area (Å²) >= 11 is 0. The number of benzene rings is 1. The van der Waals surface area contributed by atoms with Crippen molar-refractivity contribution in [2.45, 2.75) is 12.8 Å². The van der Waals surface area contributed by atoms with Crippen LogP contribution in [0.1, 0.15) is 18.7 Å². The van der Waals surface area contributed by atoms with E-state index in [2.05, 4.69) is 10.2 Å². The van der Waals surface area contributed by atoms with Crippen molar-refractivity contribution in [2.75, 3.05) is 0 Å². The zero-order valence-electron chi connectivity index (χ0n) is 8.62. The summed E-state index contributed by atoms with van der Waals surface area (Å²) < 4.78 is 5.29. The molecule has 5 nitrogen and oxygen atoms in total. The van der Waals surface area contributed by atoms with Crippen LogP contribution in [0.25, 0.3) is 11.5 Å². The Balaban J connectivity index is 2.30. The molecule has 2 rings (SSSR count). The van der Waals surface area contributed by atoms with Crippen molar-refractivity contribution >= 4 is 5.97 Å². The molecule has 0 radical (unpaired) electrons. The van der Waals surface area contributed by atoms with Crippen LogP contribution < -0.4 is 0 Å². The zero-order chi connectivity index (χ0) is 11.5. The number of aromatic nitrogens is 2. The van der Waals surface area contributed by atoms with Crippen LogP contribution in [0.3, 0.4) is 0 Å². The number of carbonyl (C=O) groups is 1. The average Bonchev–Trinajstić information content (AvgIpc) is 2.78. The average molecular weight is 218 g/mol. The molecule has 82 valence electrons. The molecule has 2 aromatic rings. The van der Waals surface area contributed by atoms with Crippen molar-refractivity contribution in [2.24, 2.45) is 0 Å². The van der Waals surface area contributed by atoms with Gasteiger partial charge >= 0.3 is 5.97 Å². The first-order chi connectivity index (χ1) is 7.68. The van der Waals surface area contributed by atoms with Gasteiger partial charge in [-0.05, 0) is 19.1 Å². The Hall–Kier alpha value is -2.17.